The van der Waals surface area contributed by atoms with Gasteiger partial charge in [-0.25, -0.2) is 13.4 Å². The van der Waals surface area contributed by atoms with E-state index in [1.165, 1.54) is 4.52 Å². The maximum Gasteiger partial charge on any atom is 0.229 e. The van der Waals surface area contributed by atoms with Crippen LogP contribution in [0.15, 0.2) is 88.8 Å². The number of anilines is 1. The zero-order valence-corrected chi connectivity index (χ0v) is 19.9. The summed E-state index contributed by atoms with van der Waals surface area (Å²) in [7, 11) is -3.90. The van der Waals surface area contributed by atoms with Crippen molar-refractivity contribution in [1.29, 1.82) is 0 Å². The van der Waals surface area contributed by atoms with E-state index in [9.17, 15) is 8.42 Å². The van der Waals surface area contributed by atoms with Gasteiger partial charge in [0.25, 0.3) is 0 Å². The van der Waals surface area contributed by atoms with Crippen molar-refractivity contribution in [2.45, 2.75) is 36.7 Å². The van der Waals surface area contributed by atoms with Crippen LogP contribution in [-0.4, -0.2) is 34.8 Å². The molecule has 5 aromatic rings. The van der Waals surface area contributed by atoms with Crippen molar-refractivity contribution < 1.29 is 8.42 Å². The Balaban J connectivity index is 1.70. The Morgan fingerprint density at radius 1 is 0.853 bits per heavy atom. The summed E-state index contributed by atoms with van der Waals surface area (Å²) in [6.07, 6.45) is 0.834. The van der Waals surface area contributed by atoms with Crippen LogP contribution in [0.5, 0.6) is 0 Å². The van der Waals surface area contributed by atoms with E-state index in [1.807, 2.05) is 61.5 Å². The van der Waals surface area contributed by atoms with Gasteiger partial charge in [0.2, 0.25) is 14.9 Å². The number of fused-ring (bicyclic) bond motifs is 3. The molecule has 0 aliphatic carbocycles. The summed E-state index contributed by atoms with van der Waals surface area (Å²) >= 11 is 0. The first kappa shape index (κ1) is 22.0. The Morgan fingerprint density at radius 3 is 2.26 bits per heavy atom. The Kier molecular flexibility index (Phi) is 5.75. The molecule has 0 unspecified atom stereocenters. The zero-order chi connectivity index (χ0) is 23.7. The molecule has 0 amide bonds. The fraction of sp³-hybridized carbons (Fsp3) is 0.192. The molecule has 34 heavy (non-hydrogen) atoms. The summed E-state index contributed by atoms with van der Waals surface area (Å²) in [6, 6.07) is 24.8. The van der Waals surface area contributed by atoms with Crippen LogP contribution < -0.4 is 4.90 Å². The van der Waals surface area contributed by atoms with E-state index in [0.29, 0.717) is 18.9 Å². The molecular formula is C26H25N5O2S. The van der Waals surface area contributed by atoms with E-state index in [-0.39, 0.29) is 15.6 Å². The smallest absolute Gasteiger partial charge is 0.229 e. The molecule has 0 fully saturated rings. The number of sulfone groups is 1. The van der Waals surface area contributed by atoms with Crippen molar-refractivity contribution in [3.8, 4) is 0 Å². The van der Waals surface area contributed by atoms with Gasteiger partial charge in [-0.2, -0.15) is 4.52 Å². The summed E-state index contributed by atoms with van der Waals surface area (Å²) in [6.45, 7) is 5.43. The van der Waals surface area contributed by atoms with Crippen molar-refractivity contribution in [2.75, 3.05) is 11.4 Å². The molecule has 2 heterocycles. The van der Waals surface area contributed by atoms with Crippen LogP contribution in [0.1, 0.15) is 25.0 Å². The molecule has 0 saturated carbocycles. The van der Waals surface area contributed by atoms with Gasteiger partial charge in [-0.05, 0) is 48.7 Å². The molecule has 0 spiro atoms. The van der Waals surface area contributed by atoms with Crippen molar-refractivity contribution in [1.82, 2.24) is 19.8 Å². The third-order valence-electron chi connectivity index (χ3n) is 6.00. The molecule has 8 heteroatoms. The highest BCUT2D eigenvalue weighted by atomic mass is 32.2. The van der Waals surface area contributed by atoms with Gasteiger partial charge in [0, 0.05) is 18.5 Å². The lowest BCUT2D eigenvalue weighted by Crippen LogP contribution is -2.24. The second-order valence-corrected chi connectivity index (χ2v) is 9.95. The third kappa shape index (κ3) is 3.80. The first-order valence-corrected chi connectivity index (χ1v) is 12.8. The van der Waals surface area contributed by atoms with E-state index in [4.69, 9.17) is 4.98 Å². The van der Waals surface area contributed by atoms with Gasteiger partial charge < -0.3 is 4.90 Å². The SMILES string of the molecule is CCc1ccc(S(=O)(=O)c2nnn3c2nc(N(CC)Cc2ccccc2)c2ccccc23)cc1. The molecule has 5 rings (SSSR count). The first-order valence-electron chi connectivity index (χ1n) is 11.3. The molecule has 3 aromatic carbocycles. The van der Waals surface area contributed by atoms with E-state index < -0.39 is 9.84 Å². The van der Waals surface area contributed by atoms with Gasteiger partial charge in [-0.15, -0.1) is 5.10 Å². The molecule has 0 bridgehead atoms. The topological polar surface area (TPSA) is 80.5 Å². The summed E-state index contributed by atoms with van der Waals surface area (Å²) in [5, 5.41) is 9.02. The second-order valence-electron chi connectivity index (χ2n) is 8.08. The van der Waals surface area contributed by atoms with E-state index in [1.54, 1.807) is 12.1 Å². The third-order valence-corrected chi connectivity index (χ3v) is 7.66. The molecule has 0 aliphatic rings. The predicted octanol–water partition coefficient (Wildman–Crippen LogP) is 4.70. The average Bonchev–Trinajstić information content (AvgIpc) is 3.33. The zero-order valence-electron chi connectivity index (χ0n) is 19.1. The minimum atomic E-state index is -3.90. The van der Waals surface area contributed by atoms with Crippen LogP contribution in [0.25, 0.3) is 16.6 Å². The quantitative estimate of drug-likeness (QED) is 0.342. The second kappa shape index (κ2) is 8.87. The number of hydrogen-bond acceptors (Lipinski definition) is 6. The Morgan fingerprint density at radius 2 is 1.56 bits per heavy atom. The molecule has 2 aromatic heterocycles. The molecule has 0 N–H and O–H groups in total. The van der Waals surface area contributed by atoms with Crippen molar-refractivity contribution in [2.24, 2.45) is 0 Å². The van der Waals surface area contributed by atoms with Crippen LogP contribution in [0.2, 0.25) is 0 Å². The largest absolute Gasteiger partial charge is 0.352 e. The number of benzene rings is 3. The van der Waals surface area contributed by atoms with E-state index >= 15 is 0 Å². The van der Waals surface area contributed by atoms with Gasteiger partial charge in [-0.3, -0.25) is 0 Å². The lowest BCUT2D eigenvalue weighted by atomic mass is 10.2. The number of nitrogens with zero attached hydrogens (tertiary/aromatic N) is 5. The molecule has 172 valence electrons. The summed E-state index contributed by atoms with van der Waals surface area (Å²) < 4.78 is 28.6. The molecular weight excluding hydrogens is 446 g/mol. The standard InChI is InChI=1S/C26H25N5O2S/c1-3-19-14-16-21(17-15-19)34(32,33)26-25-27-24(30(4-2)18-20-10-6-5-7-11-20)22-12-8-9-13-23(22)31(25)29-28-26/h5-17H,3-4,18H2,1-2H3. The monoisotopic (exact) mass is 471 g/mol. The predicted molar refractivity (Wildman–Crippen MR) is 133 cm³/mol. The van der Waals surface area contributed by atoms with Crippen LogP contribution in [0.3, 0.4) is 0 Å². The van der Waals surface area contributed by atoms with Gasteiger partial charge >= 0.3 is 0 Å². The summed E-state index contributed by atoms with van der Waals surface area (Å²) in [5.41, 5.74) is 3.19. The summed E-state index contributed by atoms with van der Waals surface area (Å²) in [5.74, 6) is 0.703. The Labute approximate surface area is 198 Å². The van der Waals surface area contributed by atoms with Crippen molar-refractivity contribution in [3.05, 3.63) is 90.0 Å². The average molecular weight is 472 g/mol. The lowest BCUT2D eigenvalue weighted by molar-refractivity contribution is 0.592. The van der Waals surface area contributed by atoms with Crippen molar-refractivity contribution >= 4 is 32.2 Å². The highest BCUT2D eigenvalue weighted by Gasteiger charge is 2.27. The molecule has 0 saturated heterocycles. The van der Waals surface area contributed by atoms with E-state index in [0.717, 1.165) is 28.5 Å². The number of para-hydroxylation sites is 1. The number of hydrogen-bond donors (Lipinski definition) is 0. The minimum absolute atomic E-state index is 0.139. The number of aryl methyl sites for hydroxylation is 1. The van der Waals surface area contributed by atoms with Gasteiger partial charge in [0.15, 0.2) is 5.65 Å². The molecule has 0 atom stereocenters. The van der Waals surface area contributed by atoms with Gasteiger partial charge in [-0.1, -0.05) is 66.7 Å². The fourth-order valence-electron chi connectivity index (χ4n) is 4.10. The summed E-state index contributed by atoms with van der Waals surface area (Å²) in [4.78, 5) is 7.16. The molecule has 0 aliphatic heterocycles. The van der Waals surface area contributed by atoms with E-state index in [2.05, 4.69) is 34.3 Å². The Bertz CT molecular complexity index is 1560. The van der Waals surface area contributed by atoms with Crippen LogP contribution in [0.4, 0.5) is 5.82 Å². The highest BCUT2D eigenvalue weighted by Crippen LogP contribution is 2.30. The number of rotatable bonds is 7. The normalized spacial score (nSPS) is 11.8. The van der Waals surface area contributed by atoms with Gasteiger partial charge in [0.1, 0.15) is 5.82 Å². The van der Waals surface area contributed by atoms with Crippen LogP contribution in [0, 0.1) is 0 Å². The lowest BCUT2D eigenvalue weighted by Gasteiger charge is -2.24. The molecule has 0 radical (unpaired) electrons. The minimum Gasteiger partial charge on any atom is -0.352 e. The number of aromatic nitrogens is 4. The fourth-order valence-corrected chi connectivity index (χ4v) is 5.33. The van der Waals surface area contributed by atoms with Gasteiger partial charge in [0.05, 0.1) is 10.4 Å². The Hall–Kier alpha value is -3.78. The molecule has 7 nitrogen and oxygen atoms in total. The van der Waals surface area contributed by atoms with Crippen LogP contribution in [-0.2, 0) is 22.8 Å². The van der Waals surface area contributed by atoms with Crippen LogP contribution >= 0.6 is 0 Å². The van der Waals surface area contributed by atoms with Crippen molar-refractivity contribution in [3.63, 3.8) is 0 Å². The first-order chi connectivity index (χ1) is 16.5. The highest BCUT2D eigenvalue weighted by molar-refractivity contribution is 7.91. The maximum atomic E-state index is 13.5. The maximum absolute atomic E-state index is 13.5.